The van der Waals surface area contributed by atoms with Crippen molar-refractivity contribution in [2.45, 2.75) is 20.0 Å². The van der Waals surface area contributed by atoms with E-state index in [0.717, 1.165) is 15.6 Å². The number of amides is 1. The van der Waals surface area contributed by atoms with Gasteiger partial charge in [0.25, 0.3) is 5.91 Å². The molecule has 0 aromatic heterocycles. The van der Waals surface area contributed by atoms with Crippen molar-refractivity contribution in [1.29, 1.82) is 5.26 Å². The number of carbonyl (C=O) groups excluding carboxylic acids is 1. The maximum atomic E-state index is 12.7. The number of carbonyl (C=O) groups is 1. The second-order valence-corrected chi connectivity index (χ2v) is 8.77. The summed E-state index contributed by atoms with van der Waals surface area (Å²) in [6, 6.07) is 20.3. The molecule has 3 aromatic rings. The molecular formula is C28H24BrClN2O3. The van der Waals surface area contributed by atoms with Crippen LogP contribution in [-0.4, -0.2) is 12.5 Å². The molecule has 3 aromatic carbocycles. The highest BCUT2D eigenvalue weighted by molar-refractivity contribution is 9.10. The average Bonchev–Trinajstić information content (AvgIpc) is 2.85. The monoisotopic (exact) mass is 550 g/mol. The van der Waals surface area contributed by atoms with Gasteiger partial charge in [-0.05, 0) is 66.9 Å². The van der Waals surface area contributed by atoms with Crippen LogP contribution in [0.4, 0.5) is 5.69 Å². The Bertz CT molecular complexity index is 1280. The largest absolute Gasteiger partial charge is 0.490 e. The Morgan fingerprint density at radius 3 is 2.57 bits per heavy atom. The lowest BCUT2D eigenvalue weighted by Gasteiger charge is -2.17. The van der Waals surface area contributed by atoms with Crippen LogP contribution < -0.4 is 14.8 Å². The van der Waals surface area contributed by atoms with Gasteiger partial charge in [0.05, 0.1) is 17.3 Å². The van der Waals surface area contributed by atoms with Gasteiger partial charge >= 0.3 is 0 Å². The highest BCUT2D eigenvalue weighted by Crippen LogP contribution is 2.35. The zero-order valence-corrected chi connectivity index (χ0v) is 21.5. The van der Waals surface area contributed by atoms with E-state index >= 15 is 0 Å². The SMILES string of the molecule is C=CCc1cc(/C=C(\C#N)C(=O)Nc2ccccc2Cl)cc(OCC)c1OCc1ccc(Br)cc1. The molecule has 0 aliphatic heterocycles. The van der Waals surface area contributed by atoms with Crippen molar-refractivity contribution in [3.63, 3.8) is 0 Å². The number of para-hydroxylation sites is 1. The van der Waals surface area contributed by atoms with Crippen LogP contribution in [0.25, 0.3) is 6.08 Å². The van der Waals surface area contributed by atoms with Crippen molar-refractivity contribution in [3.05, 3.63) is 105 Å². The summed E-state index contributed by atoms with van der Waals surface area (Å²) in [7, 11) is 0. The molecule has 35 heavy (non-hydrogen) atoms. The zero-order chi connectivity index (χ0) is 25.2. The van der Waals surface area contributed by atoms with Crippen molar-refractivity contribution in [3.8, 4) is 17.6 Å². The fraction of sp³-hybridized carbons (Fsp3) is 0.143. The Labute approximate surface area is 218 Å². The standard InChI is InChI=1S/C28H24BrClN2O3/c1-3-7-21-14-20(15-22(17-31)28(33)32-25-9-6-5-8-24(25)30)16-26(34-4-2)27(21)35-18-19-10-12-23(29)13-11-19/h3,5-6,8-16H,1,4,7,18H2,2H3,(H,32,33)/b22-15+. The smallest absolute Gasteiger partial charge is 0.266 e. The van der Waals surface area contributed by atoms with Crippen molar-refractivity contribution in [2.24, 2.45) is 0 Å². The van der Waals surface area contributed by atoms with Gasteiger partial charge in [-0.25, -0.2) is 0 Å². The van der Waals surface area contributed by atoms with E-state index in [2.05, 4.69) is 27.8 Å². The summed E-state index contributed by atoms with van der Waals surface area (Å²) in [5, 5.41) is 12.7. The molecule has 0 bridgehead atoms. The molecule has 0 saturated heterocycles. The van der Waals surface area contributed by atoms with E-state index in [1.807, 2.05) is 43.3 Å². The first-order valence-electron chi connectivity index (χ1n) is 10.9. The van der Waals surface area contributed by atoms with Crippen molar-refractivity contribution >= 4 is 45.2 Å². The molecule has 178 valence electrons. The number of rotatable bonds is 10. The summed E-state index contributed by atoms with van der Waals surface area (Å²) in [5.41, 5.74) is 2.83. The fourth-order valence-electron chi connectivity index (χ4n) is 3.30. The molecule has 7 heteroatoms. The van der Waals surface area contributed by atoms with E-state index in [0.29, 0.717) is 47.4 Å². The number of hydrogen-bond donors (Lipinski definition) is 1. The summed E-state index contributed by atoms with van der Waals surface area (Å²) in [6.07, 6.45) is 3.80. The molecule has 0 unspecified atom stereocenters. The van der Waals surface area contributed by atoms with Gasteiger partial charge in [0.1, 0.15) is 18.2 Å². The first-order chi connectivity index (χ1) is 16.9. The lowest BCUT2D eigenvalue weighted by Crippen LogP contribution is -2.13. The van der Waals surface area contributed by atoms with Gasteiger partial charge < -0.3 is 14.8 Å². The van der Waals surface area contributed by atoms with Crippen LogP contribution in [0.1, 0.15) is 23.6 Å². The zero-order valence-electron chi connectivity index (χ0n) is 19.2. The first kappa shape index (κ1) is 26.1. The topological polar surface area (TPSA) is 71.4 Å². The molecule has 3 rings (SSSR count). The van der Waals surface area contributed by atoms with Gasteiger partial charge in [0, 0.05) is 10.0 Å². The van der Waals surface area contributed by atoms with Crippen molar-refractivity contribution in [2.75, 3.05) is 11.9 Å². The van der Waals surface area contributed by atoms with Crippen molar-refractivity contribution in [1.82, 2.24) is 0 Å². The van der Waals surface area contributed by atoms with Crippen LogP contribution in [-0.2, 0) is 17.8 Å². The number of nitrogens with zero attached hydrogens (tertiary/aromatic N) is 1. The molecule has 0 spiro atoms. The number of ether oxygens (including phenoxy) is 2. The molecule has 0 atom stereocenters. The second kappa shape index (κ2) is 12.8. The minimum atomic E-state index is -0.556. The lowest BCUT2D eigenvalue weighted by molar-refractivity contribution is -0.112. The Hall–Kier alpha value is -3.53. The normalized spacial score (nSPS) is 10.9. The molecule has 0 aliphatic rings. The van der Waals surface area contributed by atoms with Gasteiger partial charge in [-0.2, -0.15) is 5.26 Å². The summed E-state index contributed by atoms with van der Waals surface area (Å²) in [6.45, 7) is 6.51. The van der Waals surface area contributed by atoms with Gasteiger partial charge in [-0.3, -0.25) is 4.79 Å². The maximum absolute atomic E-state index is 12.7. The number of halogens is 2. The van der Waals surface area contributed by atoms with E-state index < -0.39 is 5.91 Å². The summed E-state index contributed by atoms with van der Waals surface area (Å²) in [4.78, 5) is 12.7. The Kier molecular flexibility index (Phi) is 9.54. The average molecular weight is 552 g/mol. The fourth-order valence-corrected chi connectivity index (χ4v) is 3.75. The van der Waals surface area contributed by atoms with E-state index in [4.69, 9.17) is 21.1 Å². The Morgan fingerprint density at radius 1 is 1.17 bits per heavy atom. The summed E-state index contributed by atoms with van der Waals surface area (Å²) < 4.78 is 13.0. The van der Waals surface area contributed by atoms with Crippen LogP contribution in [0.5, 0.6) is 11.5 Å². The van der Waals surface area contributed by atoms with Crippen LogP contribution in [0.15, 0.2) is 83.4 Å². The van der Waals surface area contributed by atoms with Crippen LogP contribution in [0.2, 0.25) is 5.02 Å². The highest BCUT2D eigenvalue weighted by atomic mass is 79.9. The molecule has 0 fully saturated rings. The molecule has 0 radical (unpaired) electrons. The number of allylic oxidation sites excluding steroid dienone is 1. The van der Waals surface area contributed by atoms with Crippen LogP contribution in [0, 0.1) is 11.3 Å². The van der Waals surface area contributed by atoms with Crippen molar-refractivity contribution < 1.29 is 14.3 Å². The number of anilines is 1. The Balaban J connectivity index is 1.93. The van der Waals surface area contributed by atoms with E-state index in [1.165, 1.54) is 6.08 Å². The lowest BCUT2D eigenvalue weighted by atomic mass is 10.0. The van der Waals surface area contributed by atoms with Gasteiger partial charge in [0.15, 0.2) is 11.5 Å². The molecule has 0 aliphatic carbocycles. The third kappa shape index (κ3) is 7.22. The third-order valence-corrected chi connectivity index (χ3v) is 5.77. The minimum Gasteiger partial charge on any atom is -0.490 e. The van der Waals surface area contributed by atoms with E-state index in [-0.39, 0.29) is 5.57 Å². The van der Waals surface area contributed by atoms with Crippen LogP contribution >= 0.6 is 27.5 Å². The number of hydrogen-bond acceptors (Lipinski definition) is 4. The Morgan fingerprint density at radius 2 is 1.91 bits per heavy atom. The molecule has 5 nitrogen and oxygen atoms in total. The predicted molar refractivity (Wildman–Crippen MR) is 144 cm³/mol. The summed E-state index contributed by atoms with van der Waals surface area (Å²) in [5.74, 6) is 0.573. The number of benzene rings is 3. The van der Waals surface area contributed by atoms with Gasteiger partial charge in [0.2, 0.25) is 0 Å². The first-order valence-corrected chi connectivity index (χ1v) is 12.1. The quantitative estimate of drug-likeness (QED) is 0.162. The second-order valence-electron chi connectivity index (χ2n) is 7.45. The van der Waals surface area contributed by atoms with E-state index in [9.17, 15) is 10.1 Å². The van der Waals surface area contributed by atoms with Gasteiger partial charge in [-0.15, -0.1) is 6.58 Å². The predicted octanol–water partition coefficient (Wildman–Crippen LogP) is 7.35. The summed E-state index contributed by atoms with van der Waals surface area (Å²) >= 11 is 9.56. The molecule has 0 heterocycles. The van der Waals surface area contributed by atoms with Crippen LogP contribution in [0.3, 0.4) is 0 Å². The maximum Gasteiger partial charge on any atom is 0.266 e. The molecule has 0 saturated carbocycles. The molecule has 1 amide bonds. The van der Waals surface area contributed by atoms with Gasteiger partial charge in [-0.1, -0.05) is 57.9 Å². The minimum absolute atomic E-state index is 0.0690. The third-order valence-electron chi connectivity index (χ3n) is 4.91. The number of nitriles is 1. The highest BCUT2D eigenvalue weighted by Gasteiger charge is 2.16. The molecule has 1 N–H and O–H groups in total. The molecular weight excluding hydrogens is 528 g/mol. The number of nitrogens with one attached hydrogen (secondary N) is 1. The van der Waals surface area contributed by atoms with E-state index in [1.54, 1.807) is 36.4 Å².